The predicted octanol–water partition coefficient (Wildman–Crippen LogP) is 0.214. The lowest BCUT2D eigenvalue weighted by atomic mass is 10.0. The van der Waals surface area contributed by atoms with Gasteiger partial charge in [0.15, 0.2) is 0 Å². The van der Waals surface area contributed by atoms with Crippen molar-refractivity contribution in [3.63, 3.8) is 0 Å². The standard InChI is InChI=1S/C13H18N2O5S/c1-8-7-21-13(19)15(8)4-2-3-11(16)14-10-6-20-5-9(10)12(17)18/h7,9-10H,2-6H2,1H3,(H,14,16)(H,17,18). The summed E-state index contributed by atoms with van der Waals surface area (Å²) < 4.78 is 6.72. The quantitative estimate of drug-likeness (QED) is 0.782. The molecule has 1 aromatic rings. The molecule has 1 saturated heterocycles. The van der Waals surface area contributed by atoms with E-state index in [-0.39, 0.29) is 30.4 Å². The van der Waals surface area contributed by atoms with Gasteiger partial charge >= 0.3 is 10.8 Å². The number of nitrogens with one attached hydrogen (secondary N) is 1. The number of aromatic nitrogens is 1. The number of hydrogen-bond acceptors (Lipinski definition) is 5. The number of carbonyl (C=O) groups is 2. The van der Waals surface area contributed by atoms with Gasteiger partial charge in [-0.25, -0.2) is 0 Å². The second kappa shape index (κ2) is 6.86. The van der Waals surface area contributed by atoms with E-state index in [0.29, 0.717) is 13.0 Å². The summed E-state index contributed by atoms with van der Waals surface area (Å²) >= 11 is 1.14. The number of amides is 1. The van der Waals surface area contributed by atoms with Crippen LogP contribution in [0.1, 0.15) is 18.5 Å². The minimum absolute atomic E-state index is 0.0250. The number of aliphatic carboxylic acids is 1. The van der Waals surface area contributed by atoms with E-state index >= 15 is 0 Å². The zero-order valence-electron chi connectivity index (χ0n) is 11.7. The molecule has 1 aliphatic rings. The van der Waals surface area contributed by atoms with Gasteiger partial charge in [-0.05, 0) is 13.3 Å². The fourth-order valence-electron chi connectivity index (χ4n) is 2.29. The normalized spacial score (nSPS) is 21.4. The Morgan fingerprint density at radius 2 is 2.29 bits per heavy atom. The molecule has 2 rings (SSSR count). The molecule has 0 bridgehead atoms. The number of carboxylic acids is 1. The first-order chi connectivity index (χ1) is 9.99. The van der Waals surface area contributed by atoms with E-state index in [0.717, 1.165) is 17.0 Å². The second-order valence-electron chi connectivity index (χ2n) is 5.05. The van der Waals surface area contributed by atoms with Crippen LogP contribution in [0, 0.1) is 12.8 Å². The van der Waals surface area contributed by atoms with Crippen molar-refractivity contribution in [1.82, 2.24) is 9.88 Å². The summed E-state index contributed by atoms with van der Waals surface area (Å²) in [4.78, 5) is 34.3. The fraction of sp³-hybridized carbons (Fsp3) is 0.615. The molecule has 116 valence electrons. The summed E-state index contributed by atoms with van der Waals surface area (Å²) in [6, 6.07) is -0.472. The number of thiazole rings is 1. The summed E-state index contributed by atoms with van der Waals surface area (Å²) in [5.74, 6) is -1.85. The Bertz CT molecular complexity index is 579. The first-order valence-corrected chi connectivity index (χ1v) is 7.62. The van der Waals surface area contributed by atoms with Crippen molar-refractivity contribution < 1.29 is 19.4 Å². The number of aryl methyl sites for hydroxylation is 1. The van der Waals surface area contributed by atoms with Crippen LogP contribution in [-0.4, -0.2) is 40.8 Å². The van der Waals surface area contributed by atoms with Gasteiger partial charge in [0.25, 0.3) is 0 Å². The second-order valence-corrected chi connectivity index (χ2v) is 5.88. The van der Waals surface area contributed by atoms with E-state index in [4.69, 9.17) is 9.84 Å². The van der Waals surface area contributed by atoms with Crippen molar-refractivity contribution in [2.24, 2.45) is 5.92 Å². The Kier molecular flexibility index (Phi) is 5.13. The molecule has 0 aromatic carbocycles. The summed E-state index contributed by atoms with van der Waals surface area (Å²) in [7, 11) is 0. The van der Waals surface area contributed by atoms with Crippen LogP contribution < -0.4 is 10.2 Å². The zero-order valence-corrected chi connectivity index (χ0v) is 12.5. The summed E-state index contributed by atoms with van der Waals surface area (Å²) in [6.45, 7) is 2.70. The van der Waals surface area contributed by atoms with Crippen molar-refractivity contribution in [3.8, 4) is 0 Å². The summed E-state index contributed by atoms with van der Waals surface area (Å²) in [5, 5.41) is 13.5. The average molecular weight is 314 g/mol. The lowest BCUT2D eigenvalue weighted by molar-refractivity contribution is -0.142. The molecule has 1 amide bonds. The first-order valence-electron chi connectivity index (χ1n) is 6.74. The van der Waals surface area contributed by atoms with E-state index < -0.39 is 17.9 Å². The number of carbonyl (C=O) groups excluding carboxylic acids is 1. The van der Waals surface area contributed by atoms with Gasteiger partial charge in [0.1, 0.15) is 5.92 Å². The van der Waals surface area contributed by atoms with E-state index in [9.17, 15) is 14.4 Å². The highest BCUT2D eigenvalue weighted by Crippen LogP contribution is 2.14. The van der Waals surface area contributed by atoms with Crippen molar-refractivity contribution in [2.75, 3.05) is 13.2 Å². The monoisotopic (exact) mass is 314 g/mol. The van der Waals surface area contributed by atoms with Crippen LogP contribution in [-0.2, 0) is 20.9 Å². The molecule has 1 aromatic heterocycles. The molecule has 21 heavy (non-hydrogen) atoms. The molecule has 2 atom stereocenters. The van der Waals surface area contributed by atoms with Crippen molar-refractivity contribution >= 4 is 23.2 Å². The Morgan fingerprint density at radius 3 is 2.90 bits per heavy atom. The van der Waals surface area contributed by atoms with Gasteiger partial charge in [-0.15, -0.1) is 0 Å². The van der Waals surface area contributed by atoms with E-state index in [1.807, 2.05) is 6.92 Å². The molecule has 0 spiro atoms. The van der Waals surface area contributed by atoms with E-state index in [1.54, 1.807) is 9.95 Å². The maximum atomic E-state index is 11.8. The van der Waals surface area contributed by atoms with Crippen LogP contribution >= 0.6 is 11.3 Å². The van der Waals surface area contributed by atoms with Gasteiger partial charge in [-0.2, -0.15) is 0 Å². The maximum absolute atomic E-state index is 11.8. The van der Waals surface area contributed by atoms with Crippen LogP contribution in [0.4, 0.5) is 0 Å². The highest BCUT2D eigenvalue weighted by molar-refractivity contribution is 7.07. The Balaban J connectivity index is 1.78. The van der Waals surface area contributed by atoms with E-state index in [1.165, 1.54) is 0 Å². The van der Waals surface area contributed by atoms with Gasteiger partial charge in [-0.3, -0.25) is 14.4 Å². The van der Waals surface area contributed by atoms with Crippen LogP contribution in [0.2, 0.25) is 0 Å². The largest absolute Gasteiger partial charge is 0.481 e. The molecule has 7 nitrogen and oxygen atoms in total. The third-order valence-electron chi connectivity index (χ3n) is 3.51. The van der Waals surface area contributed by atoms with Crippen molar-refractivity contribution in [2.45, 2.75) is 32.4 Å². The number of nitrogens with zero attached hydrogens (tertiary/aromatic N) is 1. The minimum atomic E-state index is -0.960. The predicted molar refractivity (Wildman–Crippen MR) is 76.4 cm³/mol. The average Bonchev–Trinajstić information content (AvgIpc) is 2.99. The third kappa shape index (κ3) is 3.92. The molecule has 8 heteroatoms. The van der Waals surface area contributed by atoms with Crippen LogP contribution in [0.5, 0.6) is 0 Å². The number of ether oxygens (including phenoxy) is 1. The highest BCUT2D eigenvalue weighted by atomic mass is 32.1. The Labute approximate surface area is 125 Å². The molecule has 0 radical (unpaired) electrons. The molecule has 2 N–H and O–H groups in total. The van der Waals surface area contributed by atoms with Gasteiger partial charge < -0.3 is 19.7 Å². The topological polar surface area (TPSA) is 97.6 Å². The smallest absolute Gasteiger partial charge is 0.311 e. The van der Waals surface area contributed by atoms with Gasteiger partial charge in [0.05, 0.1) is 19.3 Å². The van der Waals surface area contributed by atoms with Gasteiger partial charge in [-0.1, -0.05) is 11.3 Å². The van der Waals surface area contributed by atoms with Crippen LogP contribution in [0.15, 0.2) is 10.2 Å². The minimum Gasteiger partial charge on any atom is -0.481 e. The molecule has 2 unspecified atom stereocenters. The van der Waals surface area contributed by atoms with Crippen molar-refractivity contribution in [3.05, 3.63) is 20.7 Å². The maximum Gasteiger partial charge on any atom is 0.311 e. The zero-order chi connectivity index (χ0) is 15.4. The molecule has 0 saturated carbocycles. The lowest BCUT2D eigenvalue weighted by Gasteiger charge is -2.15. The highest BCUT2D eigenvalue weighted by Gasteiger charge is 2.34. The Morgan fingerprint density at radius 1 is 1.52 bits per heavy atom. The molecule has 0 aliphatic carbocycles. The van der Waals surface area contributed by atoms with Crippen LogP contribution in [0.25, 0.3) is 0 Å². The van der Waals surface area contributed by atoms with Gasteiger partial charge in [0, 0.05) is 24.0 Å². The summed E-state index contributed by atoms with van der Waals surface area (Å²) in [6.07, 6.45) is 0.791. The van der Waals surface area contributed by atoms with Crippen molar-refractivity contribution in [1.29, 1.82) is 0 Å². The Hall–Kier alpha value is -1.67. The molecule has 1 fully saturated rings. The number of carboxylic acid groups (broad SMARTS) is 1. The van der Waals surface area contributed by atoms with Gasteiger partial charge in [0.2, 0.25) is 5.91 Å². The third-order valence-corrected chi connectivity index (χ3v) is 4.39. The lowest BCUT2D eigenvalue weighted by Crippen LogP contribution is -2.42. The summed E-state index contributed by atoms with van der Waals surface area (Å²) in [5.41, 5.74) is 0.889. The number of rotatable bonds is 6. The fourth-order valence-corrected chi connectivity index (χ4v) is 3.05. The number of hydrogen-bond donors (Lipinski definition) is 2. The SMILES string of the molecule is Cc1csc(=O)n1CCCC(=O)NC1COCC1C(=O)O. The van der Waals surface area contributed by atoms with E-state index in [2.05, 4.69) is 5.32 Å². The molecular weight excluding hydrogens is 296 g/mol. The molecule has 1 aliphatic heterocycles. The first kappa shape index (κ1) is 15.7. The molecule has 2 heterocycles. The van der Waals surface area contributed by atoms with Crippen LogP contribution in [0.3, 0.4) is 0 Å². The molecular formula is C13H18N2O5S.